The molecule has 0 heterocycles. The number of halogens is 10. The minimum Gasteiger partial charge on any atom is -0.203 e. The van der Waals surface area contributed by atoms with Crippen LogP contribution in [0.15, 0.2) is 121 Å². The van der Waals surface area contributed by atoms with E-state index in [0.29, 0.717) is 21.2 Å². The Morgan fingerprint density at radius 1 is 0.283 bits per heavy atom. The summed E-state index contributed by atoms with van der Waals surface area (Å²) in [7, 11) is -6.32. The normalized spacial score (nSPS) is 12.0. The summed E-state index contributed by atoms with van der Waals surface area (Å²) in [6.45, 7) is 0. The van der Waals surface area contributed by atoms with Crippen molar-refractivity contribution in [3.8, 4) is 0 Å². The van der Waals surface area contributed by atoms with Crippen molar-refractivity contribution in [1.82, 2.24) is 0 Å². The Kier molecular flexibility index (Phi) is 11.4. The second-order valence-corrected chi connectivity index (χ2v) is 20.0. The SMILES string of the molecule is Fc1c(F)c(F)c(C[P+](CCC[P+](Cc2c(F)c(F)c(F)c(F)c2F)(c2ccccc2)c2ccccc2)(c2ccccc2)c2ccccc2)c(F)c1F. The first-order valence-electron chi connectivity index (χ1n) is 16.4. The fourth-order valence-corrected chi connectivity index (χ4v) is 15.8. The van der Waals surface area contributed by atoms with E-state index in [1.165, 1.54) is 0 Å². The second kappa shape index (κ2) is 15.8. The number of rotatable bonds is 12. The molecule has 0 aliphatic rings. The van der Waals surface area contributed by atoms with Crippen LogP contribution in [0.1, 0.15) is 17.5 Å². The maximum atomic E-state index is 15.5. The van der Waals surface area contributed by atoms with E-state index in [0.717, 1.165) is 0 Å². The molecule has 0 atom stereocenters. The monoisotopic (exact) mass is 774 g/mol. The van der Waals surface area contributed by atoms with Gasteiger partial charge in [-0.05, 0) is 48.5 Å². The standard InChI is InChI=1S/C41H30F10P2/c42-32-30(33(43)37(47)40(50)36(32)46)24-52(26-14-5-1-6-15-26,27-16-7-2-8-17-27)22-13-23-53(28-18-9-3-10-19-28,29-20-11-4-12-21-29)25-31-34(44)38(48)41(51)39(49)35(31)45/h1-12,14-21H,13,22-25H2/q+2. The zero-order chi connectivity index (χ0) is 37.9. The Hall–Kier alpha value is -4.52. The van der Waals surface area contributed by atoms with Gasteiger partial charge in [0.1, 0.15) is 0 Å². The van der Waals surface area contributed by atoms with E-state index in [1.807, 2.05) is 0 Å². The van der Waals surface area contributed by atoms with Crippen LogP contribution in [-0.4, -0.2) is 12.3 Å². The molecular formula is C41H30F10P2+2. The van der Waals surface area contributed by atoms with Gasteiger partial charge in [0.25, 0.3) is 0 Å². The van der Waals surface area contributed by atoms with Crippen LogP contribution in [0.5, 0.6) is 0 Å². The summed E-state index contributed by atoms with van der Waals surface area (Å²) in [6.07, 6.45) is -0.753. The number of hydrogen-bond donors (Lipinski definition) is 0. The maximum absolute atomic E-state index is 15.5. The molecule has 0 amide bonds. The van der Waals surface area contributed by atoms with E-state index < -0.39 is 96.1 Å². The van der Waals surface area contributed by atoms with Gasteiger partial charge in [-0.1, -0.05) is 72.8 Å². The summed E-state index contributed by atoms with van der Waals surface area (Å²) in [5, 5.41) is 2.38. The summed E-state index contributed by atoms with van der Waals surface area (Å²) in [4.78, 5) is 0. The predicted molar refractivity (Wildman–Crippen MR) is 192 cm³/mol. The third-order valence-electron chi connectivity index (χ3n) is 9.54. The molecule has 0 saturated carbocycles. The zero-order valence-electron chi connectivity index (χ0n) is 27.8. The Balaban J connectivity index is 1.55. The minimum absolute atomic E-state index is 0.110. The van der Waals surface area contributed by atoms with Crippen molar-refractivity contribution in [3.05, 3.63) is 191 Å². The fourth-order valence-electron chi connectivity index (χ4n) is 6.92. The summed E-state index contributed by atoms with van der Waals surface area (Å²) in [5.74, 6) is -20.6. The first kappa shape index (κ1) is 38.2. The highest BCUT2D eigenvalue weighted by molar-refractivity contribution is 7.89. The van der Waals surface area contributed by atoms with Crippen molar-refractivity contribution < 1.29 is 43.9 Å². The van der Waals surface area contributed by atoms with Gasteiger partial charge < -0.3 is 0 Å². The van der Waals surface area contributed by atoms with E-state index in [4.69, 9.17) is 0 Å². The molecule has 272 valence electrons. The van der Waals surface area contributed by atoms with Crippen molar-refractivity contribution in [2.24, 2.45) is 0 Å². The van der Waals surface area contributed by atoms with Gasteiger partial charge in [-0.25, -0.2) is 43.9 Å². The molecule has 0 nitrogen and oxygen atoms in total. The van der Waals surface area contributed by atoms with Crippen LogP contribution >= 0.6 is 14.5 Å². The van der Waals surface area contributed by atoms with Crippen molar-refractivity contribution in [3.63, 3.8) is 0 Å². The van der Waals surface area contributed by atoms with E-state index in [2.05, 4.69) is 0 Å². The van der Waals surface area contributed by atoms with Crippen molar-refractivity contribution in [1.29, 1.82) is 0 Å². The first-order valence-corrected chi connectivity index (χ1v) is 20.7. The number of benzene rings is 6. The summed E-state index contributed by atoms with van der Waals surface area (Å²) >= 11 is 0. The number of hydrogen-bond acceptors (Lipinski definition) is 0. The van der Waals surface area contributed by atoms with E-state index in [1.54, 1.807) is 121 Å². The van der Waals surface area contributed by atoms with Gasteiger partial charge in [0.15, 0.2) is 46.5 Å². The maximum Gasteiger partial charge on any atom is 0.200 e. The molecule has 0 unspecified atom stereocenters. The molecular weight excluding hydrogens is 744 g/mol. The lowest BCUT2D eigenvalue weighted by molar-refractivity contribution is 0.372. The van der Waals surface area contributed by atoms with E-state index in [-0.39, 0.29) is 18.7 Å². The van der Waals surface area contributed by atoms with Gasteiger partial charge in [0.05, 0.1) is 71.5 Å². The molecule has 0 saturated heterocycles. The molecule has 0 aliphatic carbocycles. The van der Waals surface area contributed by atoms with Gasteiger partial charge in [-0.15, -0.1) is 0 Å². The second-order valence-electron chi connectivity index (χ2n) is 12.5. The topological polar surface area (TPSA) is 0 Å². The third kappa shape index (κ3) is 7.12. The Morgan fingerprint density at radius 2 is 0.491 bits per heavy atom. The molecule has 12 heteroatoms. The Labute approximate surface area is 300 Å². The minimum atomic E-state index is -3.16. The van der Waals surface area contributed by atoms with Gasteiger partial charge >= 0.3 is 0 Å². The molecule has 0 bridgehead atoms. The first-order chi connectivity index (χ1) is 25.4. The Morgan fingerprint density at radius 3 is 0.717 bits per heavy atom. The molecule has 53 heavy (non-hydrogen) atoms. The van der Waals surface area contributed by atoms with Crippen LogP contribution in [0.2, 0.25) is 0 Å². The molecule has 0 aliphatic heterocycles. The molecule has 0 aromatic heterocycles. The van der Waals surface area contributed by atoms with E-state index >= 15 is 17.6 Å². The molecule has 0 N–H and O–H groups in total. The van der Waals surface area contributed by atoms with E-state index in [9.17, 15) is 26.3 Å². The van der Waals surface area contributed by atoms with Crippen LogP contribution in [0, 0.1) is 58.2 Å². The lowest BCUT2D eigenvalue weighted by Gasteiger charge is -2.31. The summed E-state index contributed by atoms with van der Waals surface area (Å²) in [6, 6.07) is 34.2. The van der Waals surface area contributed by atoms with Crippen LogP contribution in [-0.2, 0) is 12.3 Å². The molecule has 6 aromatic carbocycles. The van der Waals surface area contributed by atoms with Crippen LogP contribution in [0.25, 0.3) is 0 Å². The molecule has 0 spiro atoms. The average Bonchev–Trinajstić information content (AvgIpc) is 3.21. The lowest BCUT2D eigenvalue weighted by atomic mass is 10.2. The summed E-state index contributed by atoms with van der Waals surface area (Å²) in [5.41, 5.74) is -1.95. The van der Waals surface area contributed by atoms with Gasteiger partial charge in [-0.3, -0.25) is 0 Å². The Bertz CT molecular complexity index is 1920. The molecule has 6 aromatic rings. The van der Waals surface area contributed by atoms with Crippen molar-refractivity contribution >= 4 is 35.7 Å². The van der Waals surface area contributed by atoms with Gasteiger partial charge in [-0.2, -0.15) is 0 Å². The molecule has 6 rings (SSSR count). The lowest BCUT2D eigenvalue weighted by Crippen LogP contribution is -2.31. The van der Waals surface area contributed by atoms with Crippen LogP contribution < -0.4 is 21.2 Å². The quantitative estimate of drug-likeness (QED) is 0.0503. The molecule has 0 radical (unpaired) electrons. The largest absolute Gasteiger partial charge is 0.203 e. The smallest absolute Gasteiger partial charge is 0.200 e. The highest BCUT2D eigenvalue weighted by Gasteiger charge is 2.49. The predicted octanol–water partition coefficient (Wildman–Crippen LogP) is 10.5. The zero-order valence-corrected chi connectivity index (χ0v) is 29.5. The van der Waals surface area contributed by atoms with Gasteiger partial charge in [0, 0.05) is 6.42 Å². The average molecular weight is 775 g/mol. The highest BCUT2D eigenvalue weighted by atomic mass is 31.2. The highest BCUT2D eigenvalue weighted by Crippen LogP contribution is 2.64. The van der Waals surface area contributed by atoms with Crippen LogP contribution in [0.4, 0.5) is 43.9 Å². The third-order valence-corrected chi connectivity index (χ3v) is 18.6. The summed E-state index contributed by atoms with van der Waals surface area (Å²) < 4.78 is 149. The molecule has 0 fully saturated rings. The van der Waals surface area contributed by atoms with Crippen molar-refractivity contribution in [2.75, 3.05) is 12.3 Å². The van der Waals surface area contributed by atoms with Crippen LogP contribution in [0.3, 0.4) is 0 Å². The van der Waals surface area contributed by atoms with Gasteiger partial charge in [0.2, 0.25) is 11.6 Å². The fraction of sp³-hybridized carbons (Fsp3) is 0.122. The van der Waals surface area contributed by atoms with Crippen molar-refractivity contribution in [2.45, 2.75) is 18.7 Å².